The van der Waals surface area contributed by atoms with Gasteiger partial charge >= 0.3 is 0 Å². The van der Waals surface area contributed by atoms with Gasteiger partial charge in [0.2, 0.25) is 5.88 Å². The summed E-state index contributed by atoms with van der Waals surface area (Å²) >= 11 is 6.23. The Morgan fingerprint density at radius 2 is 1.90 bits per heavy atom. The van der Waals surface area contributed by atoms with Crippen LogP contribution in [0.25, 0.3) is 0 Å². The Balaban J connectivity index is 2.36. The fourth-order valence-electron chi connectivity index (χ4n) is 1.91. The summed E-state index contributed by atoms with van der Waals surface area (Å²) in [6.07, 6.45) is 7.94. The van der Waals surface area contributed by atoms with E-state index in [1.165, 1.54) is 25.7 Å². The van der Waals surface area contributed by atoms with Crippen LogP contribution in [0.15, 0.2) is 12.3 Å². The second kappa shape index (κ2) is 9.26. The normalized spacial score (nSPS) is 11.7. The van der Waals surface area contributed by atoms with E-state index in [-0.39, 0.29) is 5.54 Å². The lowest BCUT2D eigenvalue weighted by molar-refractivity contribution is 0.293. The monoisotopic (exact) mass is 312 g/mol. The van der Waals surface area contributed by atoms with Gasteiger partial charge in [0.25, 0.3) is 0 Å². The molecule has 0 saturated heterocycles. The number of unbranched alkanes of at least 4 members (excludes halogenated alkanes) is 4. The van der Waals surface area contributed by atoms with Gasteiger partial charge in [-0.2, -0.15) is 0 Å². The van der Waals surface area contributed by atoms with Crippen molar-refractivity contribution in [2.75, 3.05) is 6.61 Å². The minimum atomic E-state index is 0.0835. The van der Waals surface area contributed by atoms with Gasteiger partial charge in [0, 0.05) is 18.3 Å². The molecule has 1 rings (SSSR count). The summed E-state index contributed by atoms with van der Waals surface area (Å²) in [7, 11) is 0. The summed E-state index contributed by atoms with van der Waals surface area (Å²) in [4.78, 5) is 4.32. The van der Waals surface area contributed by atoms with Crippen molar-refractivity contribution in [2.45, 2.75) is 71.9 Å². The van der Waals surface area contributed by atoms with Crippen LogP contribution in [0.3, 0.4) is 0 Å². The largest absolute Gasteiger partial charge is 0.477 e. The molecule has 0 spiro atoms. The first-order valence-electron chi connectivity index (χ1n) is 7.94. The molecule has 0 saturated carbocycles. The van der Waals surface area contributed by atoms with Gasteiger partial charge in [0.1, 0.15) is 5.02 Å². The molecule has 3 nitrogen and oxygen atoms in total. The van der Waals surface area contributed by atoms with Crippen molar-refractivity contribution in [3.8, 4) is 5.88 Å². The predicted octanol–water partition coefficient (Wildman–Crippen LogP) is 4.97. The van der Waals surface area contributed by atoms with Gasteiger partial charge in [-0.15, -0.1) is 0 Å². The van der Waals surface area contributed by atoms with Crippen molar-refractivity contribution in [2.24, 2.45) is 0 Å². The van der Waals surface area contributed by atoms with Crippen molar-refractivity contribution < 1.29 is 4.74 Å². The Morgan fingerprint density at radius 3 is 2.52 bits per heavy atom. The fraction of sp³-hybridized carbons (Fsp3) is 0.706. The minimum Gasteiger partial charge on any atom is -0.477 e. The van der Waals surface area contributed by atoms with Crippen molar-refractivity contribution in [1.82, 2.24) is 10.3 Å². The molecule has 21 heavy (non-hydrogen) atoms. The van der Waals surface area contributed by atoms with Gasteiger partial charge in [-0.3, -0.25) is 0 Å². The first kappa shape index (κ1) is 18.2. The van der Waals surface area contributed by atoms with Crippen LogP contribution in [0.1, 0.15) is 65.4 Å². The minimum absolute atomic E-state index is 0.0835. The first-order valence-corrected chi connectivity index (χ1v) is 8.32. The van der Waals surface area contributed by atoms with Gasteiger partial charge in [-0.05, 0) is 38.8 Å². The summed E-state index contributed by atoms with van der Waals surface area (Å²) in [5.41, 5.74) is 1.16. The van der Waals surface area contributed by atoms with Crippen molar-refractivity contribution in [1.29, 1.82) is 0 Å². The number of rotatable bonds is 9. The van der Waals surface area contributed by atoms with Crippen LogP contribution in [0.2, 0.25) is 5.02 Å². The standard InChI is InChI=1S/C17H29ClN2O/c1-5-6-7-8-9-10-21-16-15(18)11-14(12-19-16)13-20-17(2,3)4/h11-12,20H,5-10,13H2,1-4H3. The highest BCUT2D eigenvalue weighted by molar-refractivity contribution is 6.31. The first-order chi connectivity index (χ1) is 9.92. The van der Waals surface area contributed by atoms with E-state index in [2.05, 4.69) is 38.0 Å². The zero-order valence-corrected chi connectivity index (χ0v) is 14.6. The van der Waals surface area contributed by atoms with Gasteiger partial charge in [0.15, 0.2) is 0 Å². The van der Waals surface area contributed by atoms with E-state index in [9.17, 15) is 0 Å². The Morgan fingerprint density at radius 1 is 1.19 bits per heavy atom. The molecule has 0 atom stereocenters. The van der Waals surface area contributed by atoms with Crippen LogP contribution in [0.4, 0.5) is 0 Å². The molecule has 1 heterocycles. The van der Waals surface area contributed by atoms with Crippen LogP contribution in [-0.4, -0.2) is 17.1 Å². The maximum atomic E-state index is 6.23. The summed E-state index contributed by atoms with van der Waals surface area (Å²) in [6.45, 7) is 10.1. The van der Waals surface area contributed by atoms with Gasteiger partial charge < -0.3 is 10.1 Å². The van der Waals surface area contributed by atoms with Crippen LogP contribution < -0.4 is 10.1 Å². The summed E-state index contributed by atoms with van der Waals surface area (Å²) in [5, 5.41) is 4.01. The lowest BCUT2D eigenvalue weighted by atomic mass is 10.1. The number of ether oxygens (including phenoxy) is 1. The topological polar surface area (TPSA) is 34.1 Å². The molecule has 0 radical (unpaired) electrons. The molecule has 120 valence electrons. The van der Waals surface area contributed by atoms with Gasteiger partial charge in [-0.25, -0.2) is 4.98 Å². The van der Waals surface area contributed by atoms with E-state index < -0.39 is 0 Å². The van der Waals surface area contributed by atoms with Crippen molar-refractivity contribution in [3.05, 3.63) is 22.8 Å². The number of hydrogen-bond acceptors (Lipinski definition) is 3. The van der Waals surface area contributed by atoms with E-state index in [1.54, 1.807) is 0 Å². The molecule has 0 amide bonds. The molecule has 4 heteroatoms. The third-order valence-electron chi connectivity index (χ3n) is 3.17. The molecule has 0 aliphatic carbocycles. The highest BCUT2D eigenvalue weighted by Crippen LogP contribution is 2.23. The summed E-state index contributed by atoms with van der Waals surface area (Å²) < 4.78 is 5.65. The highest BCUT2D eigenvalue weighted by Gasteiger charge is 2.10. The van der Waals surface area contributed by atoms with Crippen molar-refractivity contribution in [3.63, 3.8) is 0 Å². The lowest BCUT2D eigenvalue weighted by Crippen LogP contribution is -2.35. The number of aromatic nitrogens is 1. The number of nitrogens with one attached hydrogen (secondary N) is 1. The van der Waals surface area contributed by atoms with Crippen LogP contribution >= 0.6 is 11.6 Å². The van der Waals surface area contributed by atoms with Gasteiger partial charge in [0.05, 0.1) is 6.61 Å². The van der Waals surface area contributed by atoms with E-state index in [0.717, 1.165) is 18.5 Å². The maximum Gasteiger partial charge on any atom is 0.232 e. The van der Waals surface area contributed by atoms with Crippen LogP contribution in [0.5, 0.6) is 5.88 Å². The molecule has 0 aliphatic heterocycles. The number of pyridine rings is 1. The van der Waals surface area contributed by atoms with Gasteiger partial charge in [-0.1, -0.05) is 44.2 Å². The molecule has 0 fully saturated rings. The zero-order valence-electron chi connectivity index (χ0n) is 13.8. The SMILES string of the molecule is CCCCCCCOc1ncc(CNC(C)(C)C)cc1Cl. The number of hydrogen-bond donors (Lipinski definition) is 1. The maximum absolute atomic E-state index is 6.23. The second-order valence-electron chi connectivity index (χ2n) is 6.50. The van der Waals surface area contributed by atoms with E-state index >= 15 is 0 Å². The number of nitrogens with zero attached hydrogens (tertiary/aromatic N) is 1. The fourth-order valence-corrected chi connectivity index (χ4v) is 2.15. The molecule has 0 unspecified atom stereocenters. The highest BCUT2D eigenvalue weighted by atomic mass is 35.5. The van der Waals surface area contributed by atoms with E-state index in [0.29, 0.717) is 17.5 Å². The third-order valence-corrected chi connectivity index (χ3v) is 3.44. The quantitative estimate of drug-likeness (QED) is 0.653. The Bertz CT molecular complexity index is 416. The van der Waals surface area contributed by atoms with E-state index in [4.69, 9.17) is 16.3 Å². The Labute approximate surface area is 134 Å². The summed E-state index contributed by atoms with van der Waals surface area (Å²) in [5.74, 6) is 0.548. The average molecular weight is 313 g/mol. The average Bonchev–Trinajstić information content (AvgIpc) is 2.41. The molecular formula is C17H29ClN2O. The molecule has 0 aliphatic rings. The zero-order chi connectivity index (χ0) is 15.7. The smallest absolute Gasteiger partial charge is 0.232 e. The molecule has 1 aromatic heterocycles. The van der Waals surface area contributed by atoms with E-state index in [1.807, 2.05) is 12.3 Å². The predicted molar refractivity (Wildman–Crippen MR) is 90.1 cm³/mol. The lowest BCUT2D eigenvalue weighted by Gasteiger charge is -2.20. The Hall–Kier alpha value is -0.800. The van der Waals surface area contributed by atoms with Crippen molar-refractivity contribution >= 4 is 11.6 Å². The molecule has 0 aromatic carbocycles. The number of halogens is 1. The molecular weight excluding hydrogens is 284 g/mol. The molecule has 0 bridgehead atoms. The molecule has 1 aromatic rings. The Kier molecular flexibility index (Phi) is 8.05. The van der Waals surface area contributed by atoms with Crippen LogP contribution in [0, 0.1) is 0 Å². The summed E-state index contributed by atoms with van der Waals surface area (Å²) in [6, 6.07) is 1.93. The molecule has 1 N–H and O–H groups in total. The third kappa shape index (κ3) is 8.27. The second-order valence-corrected chi connectivity index (χ2v) is 6.90. The van der Waals surface area contributed by atoms with Crippen LogP contribution in [-0.2, 0) is 6.54 Å².